The third-order valence-corrected chi connectivity index (χ3v) is 10.9. The van der Waals surface area contributed by atoms with Crippen LogP contribution in [0.25, 0.3) is 0 Å². The van der Waals surface area contributed by atoms with E-state index in [1.165, 1.54) is 50.4 Å². The molecule has 54 heavy (non-hydrogen) atoms. The summed E-state index contributed by atoms with van der Waals surface area (Å²) in [7, 11) is 2.20. The van der Waals surface area contributed by atoms with Crippen molar-refractivity contribution in [2.45, 2.75) is 84.0 Å². The molecule has 4 nitrogen and oxygen atoms in total. The third kappa shape index (κ3) is 7.02. The van der Waals surface area contributed by atoms with E-state index in [9.17, 15) is 0 Å². The molecule has 0 N–H and O–H groups in total. The predicted molar refractivity (Wildman–Crippen MR) is 227 cm³/mol. The molecule has 0 spiro atoms. The molecule has 0 fully saturated rings. The van der Waals surface area contributed by atoms with Gasteiger partial charge in [0.05, 0.1) is 23.5 Å². The van der Waals surface area contributed by atoms with Crippen molar-refractivity contribution in [2.24, 2.45) is 0 Å². The normalized spacial score (nSPS) is 13.6. The first-order valence-electron chi connectivity index (χ1n) is 19.2. The molecule has 0 saturated heterocycles. The molecule has 5 aromatic carbocycles. The fourth-order valence-corrected chi connectivity index (χ4v) is 7.75. The Hall–Kier alpha value is -5.35. The molecule has 6 aromatic rings. The summed E-state index contributed by atoms with van der Waals surface area (Å²) in [5, 5.41) is 0. The van der Waals surface area contributed by atoms with Crippen molar-refractivity contribution in [2.75, 3.05) is 23.5 Å². The third-order valence-electron chi connectivity index (χ3n) is 10.9. The maximum atomic E-state index is 6.60. The Morgan fingerprint density at radius 2 is 1.06 bits per heavy atom. The SMILES string of the molecule is CN1CN(c2cc(C(C)(C)C)cc(C(c3ccccc3)(c3ccccc3)c3cccc(Oc4cc(C(C)(C)C)ccn4)c3)c2)c2ccc(C(C)(C)C)cc21. The van der Waals surface area contributed by atoms with Gasteiger partial charge in [-0.25, -0.2) is 4.98 Å². The van der Waals surface area contributed by atoms with E-state index in [1.807, 2.05) is 12.3 Å². The molecule has 0 aliphatic carbocycles. The average Bonchev–Trinajstić information content (AvgIpc) is 3.47. The van der Waals surface area contributed by atoms with Crippen LogP contribution in [0.5, 0.6) is 11.6 Å². The van der Waals surface area contributed by atoms with Crippen molar-refractivity contribution in [1.82, 2.24) is 4.98 Å². The topological polar surface area (TPSA) is 28.6 Å². The van der Waals surface area contributed by atoms with Crippen molar-refractivity contribution in [3.8, 4) is 11.6 Å². The zero-order chi connectivity index (χ0) is 38.5. The van der Waals surface area contributed by atoms with Gasteiger partial charge < -0.3 is 14.5 Å². The molecular weight excluding hydrogens is 659 g/mol. The van der Waals surface area contributed by atoms with E-state index in [0.717, 1.165) is 18.0 Å². The summed E-state index contributed by atoms with van der Waals surface area (Å²) in [5.74, 6) is 1.34. The maximum absolute atomic E-state index is 6.60. The van der Waals surface area contributed by atoms with Crippen molar-refractivity contribution in [1.29, 1.82) is 0 Å². The number of rotatable bonds is 7. The summed E-state index contributed by atoms with van der Waals surface area (Å²) in [4.78, 5) is 9.48. The molecule has 1 aliphatic rings. The lowest BCUT2D eigenvalue weighted by atomic mass is 9.64. The van der Waals surface area contributed by atoms with Crippen molar-refractivity contribution >= 4 is 17.1 Å². The summed E-state index contributed by atoms with van der Waals surface area (Å²) in [6.07, 6.45) is 1.84. The van der Waals surface area contributed by atoms with Gasteiger partial charge in [0.1, 0.15) is 5.75 Å². The Labute approximate surface area is 323 Å². The average molecular weight is 714 g/mol. The second kappa shape index (κ2) is 13.8. The van der Waals surface area contributed by atoms with E-state index in [2.05, 4.69) is 212 Å². The largest absolute Gasteiger partial charge is 0.439 e. The highest BCUT2D eigenvalue weighted by atomic mass is 16.5. The lowest BCUT2D eigenvalue weighted by Gasteiger charge is -2.38. The number of anilines is 3. The number of ether oxygens (including phenoxy) is 1. The summed E-state index contributed by atoms with van der Waals surface area (Å²) in [6, 6.07) is 48.9. The molecule has 0 unspecified atom stereocenters. The van der Waals surface area contributed by atoms with Crippen LogP contribution >= 0.6 is 0 Å². The quantitative estimate of drug-likeness (QED) is 0.154. The summed E-state index contributed by atoms with van der Waals surface area (Å²) < 4.78 is 6.60. The zero-order valence-corrected chi connectivity index (χ0v) is 33.7. The minimum absolute atomic E-state index is 0.0198. The van der Waals surface area contributed by atoms with Gasteiger partial charge in [0.2, 0.25) is 5.88 Å². The molecular formula is C50H55N3O. The van der Waals surface area contributed by atoms with E-state index >= 15 is 0 Å². The number of hydrogen-bond acceptors (Lipinski definition) is 4. The van der Waals surface area contributed by atoms with Crippen LogP contribution in [-0.4, -0.2) is 18.7 Å². The molecule has 1 aliphatic heterocycles. The van der Waals surface area contributed by atoms with Crippen molar-refractivity contribution in [3.05, 3.63) is 179 Å². The molecule has 7 rings (SSSR count). The maximum Gasteiger partial charge on any atom is 0.219 e. The first kappa shape index (κ1) is 37.0. The van der Waals surface area contributed by atoms with Gasteiger partial charge in [-0.3, -0.25) is 0 Å². The van der Waals surface area contributed by atoms with Crippen LogP contribution in [0.15, 0.2) is 140 Å². The highest BCUT2D eigenvalue weighted by Gasteiger charge is 2.40. The summed E-state index contributed by atoms with van der Waals surface area (Å²) >= 11 is 0. The van der Waals surface area contributed by atoms with Gasteiger partial charge in [0.15, 0.2) is 0 Å². The minimum Gasteiger partial charge on any atom is -0.439 e. The number of aromatic nitrogens is 1. The van der Waals surface area contributed by atoms with E-state index in [-0.39, 0.29) is 16.2 Å². The van der Waals surface area contributed by atoms with Crippen molar-refractivity contribution in [3.63, 3.8) is 0 Å². The van der Waals surface area contributed by atoms with Crippen LogP contribution in [-0.2, 0) is 21.7 Å². The van der Waals surface area contributed by atoms with E-state index in [4.69, 9.17) is 4.74 Å². The molecule has 276 valence electrons. The van der Waals surface area contributed by atoms with Crippen LogP contribution in [0.4, 0.5) is 17.1 Å². The van der Waals surface area contributed by atoms with Gasteiger partial charge >= 0.3 is 0 Å². The molecule has 0 saturated carbocycles. The van der Waals surface area contributed by atoms with Crippen molar-refractivity contribution < 1.29 is 4.74 Å². The van der Waals surface area contributed by atoms with Gasteiger partial charge in [-0.1, -0.05) is 147 Å². The fraction of sp³-hybridized carbons (Fsp3) is 0.300. The zero-order valence-electron chi connectivity index (χ0n) is 33.7. The van der Waals surface area contributed by atoms with Gasteiger partial charge in [-0.05, 0) is 97.7 Å². The second-order valence-electron chi connectivity index (χ2n) is 18.0. The number of benzene rings is 5. The fourth-order valence-electron chi connectivity index (χ4n) is 7.75. The van der Waals surface area contributed by atoms with Crippen LogP contribution < -0.4 is 14.5 Å². The van der Waals surface area contributed by atoms with Crippen LogP contribution in [0.1, 0.15) is 101 Å². The monoisotopic (exact) mass is 713 g/mol. The Bertz CT molecular complexity index is 2220. The van der Waals surface area contributed by atoms with E-state index < -0.39 is 5.41 Å². The Morgan fingerprint density at radius 3 is 1.67 bits per heavy atom. The smallest absolute Gasteiger partial charge is 0.219 e. The summed E-state index contributed by atoms with van der Waals surface area (Å²) in [5.41, 5.74) is 11.4. The highest BCUT2D eigenvalue weighted by molar-refractivity contribution is 5.83. The molecule has 0 radical (unpaired) electrons. The van der Waals surface area contributed by atoms with E-state index in [1.54, 1.807) is 0 Å². The van der Waals surface area contributed by atoms with Crippen LogP contribution in [0.2, 0.25) is 0 Å². The number of hydrogen-bond donors (Lipinski definition) is 0. The lowest BCUT2D eigenvalue weighted by molar-refractivity contribution is 0.457. The van der Waals surface area contributed by atoms with Gasteiger partial charge in [0.25, 0.3) is 0 Å². The van der Waals surface area contributed by atoms with Gasteiger partial charge in [-0.2, -0.15) is 0 Å². The number of fused-ring (bicyclic) bond motifs is 1. The minimum atomic E-state index is -0.677. The second-order valence-corrected chi connectivity index (χ2v) is 18.0. The standard InChI is InChI=1S/C50H55N3O/c1-47(2,3)37-24-25-44-45(32-37)52(10)34-53(44)42-29-40(49(7,8)9)28-41(30-42)50(35-18-13-11-14-19-35,36-20-15-12-16-21-36)39-22-17-23-43(31-39)54-46-33-38(26-27-51-46)48(4,5)6/h11-33H,34H2,1-10H3. The number of nitrogens with zero attached hydrogens (tertiary/aromatic N) is 3. The summed E-state index contributed by atoms with van der Waals surface area (Å²) in [6.45, 7) is 21.2. The molecule has 0 bridgehead atoms. The lowest BCUT2D eigenvalue weighted by Crippen LogP contribution is -2.32. The Kier molecular flexibility index (Phi) is 9.46. The molecule has 1 aromatic heterocycles. The molecule has 0 amide bonds. The Balaban J connectivity index is 1.47. The van der Waals surface area contributed by atoms with Gasteiger partial charge in [0, 0.05) is 25.0 Å². The van der Waals surface area contributed by atoms with E-state index in [0.29, 0.717) is 5.88 Å². The van der Waals surface area contributed by atoms with Crippen LogP contribution in [0, 0.1) is 0 Å². The molecule has 2 heterocycles. The first-order chi connectivity index (χ1) is 25.5. The van der Waals surface area contributed by atoms with Crippen LogP contribution in [0.3, 0.4) is 0 Å². The Morgan fingerprint density at radius 1 is 0.481 bits per heavy atom. The molecule has 0 atom stereocenters. The number of pyridine rings is 1. The molecule has 4 heteroatoms. The van der Waals surface area contributed by atoms with Gasteiger partial charge in [-0.15, -0.1) is 0 Å². The predicted octanol–water partition coefficient (Wildman–Crippen LogP) is 12.7. The highest BCUT2D eigenvalue weighted by Crippen LogP contribution is 2.50. The first-order valence-corrected chi connectivity index (χ1v) is 19.2.